The van der Waals surface area contributed by atoms with E-state index in [2.05, 4.69) is 5.32 Å². The van der Waals surface area contributed by atoms with Gasteiger partial charge in [-0.1, -0.05) is 6.92 Å². The number of rotatable bonds is 6. The van der Waals surface area contributed by atoms with Crippen LogP contribution in [0.2, 0.25) is 0 Å². The fraction of sp³-hybridized carbons (Fsp3) is 1.00. The minimum Gasteiger partial charge on any atom is -0.313 e. The van der Waals surface area contributed by atoms with E-state index in [0.29, 0.717) is 6.04 Å². The van der Waals surface area contributed by atoms with Gasteiger partial charge in [-0.05, 0) is 32.4 Å². The number of hydrogen-bond acceptors (Lipinski definition) is 2. The number of halogens is 3. The molecule has 1 rings (SSSR count). The van der Waals surface area contributed by atoms with Crippen LogP contribution >= 0.6 is 0 Å². The van der Waals surface area contributed by atoms with E-state index in [9.17, 15) is 13.2 Å². The van der Waals surface area contributed by atoms with Crippen molar-refractivity contribution >= 4 is 0 Å². The molecule has 1 aliphatic rings. The molecule has 1 atom stereocenters. The maximum Gasteiger partial charge on any atom is 0.390 e. The first-order valence-corrected chi connectivity index (χ1v) is 6.04. The molecule has 1 heterocycles. The SMILES string of the molecule is CCCN(CCC(F)(F)F)CC1CCCN1. The van der Waals surface area contributed by atoms with Crippen molar-refractivity contribution in [3.8, 4) is 0 Å². The van der Waals surface area contributed by atoms with Crippen LogP contribution in [0.25, 0.3) is 0 Å². The van der Waals surface area contributed by atoms with Crippen LogP contribution in [-0.4, -0.2) is 43.3 Å². The monoisotopic (exact) mass is 238 g/mol. The van der Waals surface area contributed by atoms with Crippen molar-refractivity contribution in [1.29, 1.82) is 0 Å². The average molecular weight is 238 g/mol. The van der Waals surface area contributed by atoms with Crippen LogP contribution in [0.15, 0.2) is 0 Å². The van der Waals surface area contributed by atoms with E-state index in [1.807, 2.05) is 11.8 Å². The van der Waals surface area contributed by atoms with Crippen LogP contribution < -0.4 is 5.32 Å². The highest BCUT2D eigenvalue weighted by atomic mass is 19.4. The third-order valence-corrected chi connectivity index (χ3v) is 2.89. The standard InChI is InChI=1S/C11H21F3N2/c1-2-7-16(8-5-11(12,13)14)9-10-4-3-6-15-10/h10,15H,2-9H2,1H3. The van der Waals surface area contributed by atoms with E-state index in [4.69, 9.17) is 0 Å². The van der Waals surface area contributed by atoms with Gasteiger partial charge in [0.05, 0.1) is 6.42 Å². The van der Waals surface area contributed by atoms with Gasteiger partial charge in [0, 0.05) is 19.1 Å². The Kier molecular flexibility index (Phi) is 5.55. The third-order valence-electron chi connectivity index (χ3n) is 2.89. The first-order chi connectivity index (χ1) is 7.51. The normalized spacial score (nSPS) is 21.9. The lowest BCUT2D eigenvalue weighted by Crippen LogP contribution is -2.39. The molecule has 1 N–H and O–H groups in total. The molecule has 0 radical (unpaired) electrons. The van der Waals surface area contributed by atoms with Crippen LogP contribution in [0.1, 0.15) is 32.6 Å². The van der Waals surface area contributed by atoms with Crippen molar-refractivity contribution in [2.45, 2.75) is 44.8 Å². The summed E-state index contributed by atoms with van der Waals surface area (Å²) in [6.45, 7) is 4.65. The summed E-state index contributed by atoms with van der Waals surface area (Å²) in [5, 5.41) is 3.32. The molecule has 1 fully saturated rings. The highest BCUT2D eigenvalue weighted by Crippen LogP contribution is 2.20. The van der Waals surface area contributed by atoms with E-state index >= 15 is 0 Å². The molecule has 0 bridgehead atoms. The Balaban J connectivity index is 2.28. The fourth-order valence-electron chi connectivity index (χ4n) is 2.12. The molecular weight excluding hydrogens is 217 g/mol. The maximum atomic E-state index is 12.1. The number of nitrogens with zero attached hydrogens (tertiary/aromatic N) is 1. The molecule has 2 nitrogen and oxygen atoms in total. The van der Waals surface area contributed by atoms with Gasteiger partial charge in [0.15, 0.2) is 0 Å². The highest BCUT2D eigenvalue weighted by molar-refractivity contribution is 4.78. The van der Waals surface area contributed by atoms with Crippen molar-refractivity contribution < 1.29 is 13.2 Å². The highest BCUT2D eigenvalue weighted by Gasteiger charge is 2.28. The molecule has 1 unspecified atom stereocenters. The maximum absolute atomic E-state index is 12.1. The number of hydrogen-bond donors (Lipinski definition) is 1. The van der Waals surface area contributed by atoms with Gasteiger partial charge >= 0.3 is 6.18 Å². The lowest BCUT2D eigenvalue weighted by molar-refractivity contribution is -0.138. The van der Waals surface area contributed by atoms with Crippen molar-refractivity contribution in [3.05, 3.63) is 0 Å². The summed E-state index contributed by atoms with van der Waals surface area (Å²) in [4.78, 5) is 1.93. The average Bonchev–Trinajstić information content (AvgIpc) is 2.66. The molecule has 0 aromatic carbocycles. The van der Waals surface area contributed by atoms with Crippen molar-refractivity contribution in [2.24, 2.45) is 0 Å². The summed E-state index contributed by atoms with van der Waals surface area (Å²) in [5.41, 5.74) is 0. The molecule has 0 aromatic heterocycles. The zero-order chi connectivity index (χ0) is 12.0. The molecule has 0 saturated carbocycles. The molecule has 5 heteroatoms. The van der Waals surface area contributed by atoms with E-state index in [1.165, 1.54) is 0 Å². The van der Waals surface area contributed by atoms with Crippen LogP contribution in [0.5, 0.6) is 0 Å². The van der Waals surface area contributed by atoms with Crippen molar-refractivity contribution in [2.75, 3.05) is 26.2 Å². The minimum absolute atomic E-state index is 0.134. The molecule has 0 aromatic rings. The van der Waals surface area contributed by atoms with Gasteiger partial charge in [-0.3, -0.25) is 0 Å². The largest absolute Gasteiger partial charge is 0.390 e. The molecular formula is C11H21F3N2. The molecule has 1 saturated heterocycles. The predicted octanol–water partition coefficient (Wildman–Crippen LogP) is 2.40. The number of nitrogens with one attached hydrogen (secondary N) is 1. The van der Waals surface area contributed by atoms with Gasteiger partial charge in [0.2, 0.25) is 0 Å². The summed E-state index contributed by atoms with van der Waals surface area (Å²) >= 11 is 0. The summed E-state index contributed by atoms with van der Waals surface area (Å²) in [6, 6.07) is 0.389. The summed E-state index contributed by atoms with van der Waals surface area (Å²) < 4.78 is 36.4. The molecule has 0 aliphatic carbocycles. The summed E-state index contributed by atoms with van der Waals surface area (Å²) in [7, 11) is 0. The second-order valence-corrected chi connectivity index (χ2v) is 4.46. The third kappa shape index (κ3) is 5.70. The van der Waals surface area contributed by atoms with E-state index in [1.54, 1.807) is 0 Å². The summed E-state index contributed by atoms with van der Waals surface area (Å²) in [5.74, 6) is 0. The Hall–Kier alpha value is -0.290. The second kappa shape index (κ2) is 6.45. The lowest BCUT2D eigenvalue weighted by Gasteiger charge is -2.25. The van der Waals surface area contributed by atoms with Crippen LogP contribution in [0.3, 0.4) is 0 Å². The Bertz CT molecular complexity index is 188. The first kappa shape index (κ1) is 13.8. The topological polar surface area (TPSA) is 15.3 Å². The predicted molar refractivity (Wildman–Crippen MR) is 58.4 cm³/mol. The van der Waals surface area contributed by atoms with E-state index in [-0.39, 0.29) is 6.54 Å². The Morgan fingerprint density at radius 3 is 2.56 bits per heavy atom. The van der Waals surface area contributed by atoms with Gasteiger partial charge in [-0.25, -0.2) is 0 Å². The van der Waals surface area contributed by atoms with Gasteiger partial charge in [-0.2, -0.15) is 13.2 Å². The van der Waals surface area contributed by atoms with Gasteiger partial charge in [0.1, 0.15) is 0 Å². The Labute approximate surface area is 95.2 Å². The van der Waals surface area contributed by atoms with Crippen LogP contribution in [0.4, 0.5) is 13.2 Å². The number of alkyl halides is 3. The van der Waals surface area contributed by atoms with Crippen molar-refractivity contribution in [3.63, 3.8) is 0 Å². The van der Waals surface area contributed by atoms with Gasteiger partial charge in [0.25, 0.3) is 0 Å². The lowest BCUT2D eigenvalue weighted by atomic mass is 10.2. The molecule has 0 spiro atoms. The Morgan fingerprint density at radius 2 is 2.06 bits per heavy atom. The fourth-order valence-corrected chi connectivity index (χ4v) is 2.12. The Morgan fingerprint density at radius 1 is 1.31 bits per heavy atom. The zero-order valence-electron chi connectivity index (χ0n) is 9.82. The molecule has 1 aliphatic heterocycles. The molecule has 0 amide bonds. The van der Waals surface area contributed by atoms with Crippen LogP contribution in [-0.2, 0) is 0 Å². The zero-order valence-corrected chi connectivity index (χ0v) is 9.82. The van der Waals surface area contributed by atoms with Crippen LogP contribution in [0, 0.1) is 0 Å². The quantitative estimate of drug-likeness (QED) is 0.764. The van der Waals surface area contributed by atoms with E-state index < -0.39 is 12.6 Å². The van der Waals surface area contributed by atoms with Gasteiger partial charge in [-0.15, -0.1) is 0 Å². The second-order valence-electron chi connectivity index (χ2n) is 4.46. The smallest absolute Gasteiger partial charge is 0.313 e. The summed E-state index contributed by atoms with van der Waals surface area (Å²) in [6.07, 6.45) is -1.59. The molecule has 16 heavy (non-hydrogen) atoms. The van der Waals surface area contributed by atoms with Gasteiger partial charge < -0.3 is 10.2 Å². The first-order valence-electron chi connectivity index (χ1n) is 6.04. The van der Waals surface area contributed by atoms with Crippen molar-refractivity contribution in [1.82, 2.24) is 10.2 Å². The van der Waals surface area contributed by atoms with E-state index in [0.717, 1.165) is 38.9 Å². The molecule has 96 valence electrons. The minimum atomic E-state index is -4.03.